The van der Waals surface area contributed by atoms with Gasteiger partial charge >= 0.3 is 11.9 Å². The topological polar surface area (TPSA) is 52.6 Å². The van der Waals surface area contributed by atoms with E-state index < -0.39 is 17.4 Å². The molecular formula is C21H32O4. The molecule has 2 aliphatic rings. The van der Waals surface area contributed by atoms with E-state index in [2.05, 4.69) is 20.8 Å². The minimum atomic E-state index is -1.20. The lowest BCUT2D eigenvalue weighted by Gasteiger charge is -2.27. The van der Waals surface area contributed by atoms with Crippen LogP contribution in [0, 0.1) is 11.3 Å². The summed E-state index contributed by atoms with van der Waals surface area (Å²) in [6, 6.07) is 0. The van der Waals surface area contributed by atoms with E-state index in [0.29, 0.717) is 18.8 Å². The van der Waals surface area contributed by atoms with Crippen LogP contribution in [0.1, 0.15) is 72.1 Å². The minimum absolute atomic E-state index is 0.410. The lowest BCUT2D eigenvalue weighted by molar-refractivity contribution is -0.168. The third-order valence-corrected chi connectivity index (χ3v) is 6.04. The maximum atomic E-state index is 12.5. The monoisotopic (exact) mass is 348 g/mol. The Bertz CT molecular complexity index is 581. The summed E-state index contributed by atoms with van der Waals surface area (Å²) in [6.45, 7) is 6.55. The molecule has 0 bridgehead atoms. The fourth-order valence-corrected chi connectivity index (χ4v) is 4.46. The Morgan fingerprint density at radius 1 is 1.00 bits per heavy atom. The van der Waals surface area contributed by atoms with Crippen molar-refractivity contribution in [2.24, 2.45) is 11.3 Å². The molecule has 0 saturated heterocycles. The van der Waals surface area contributed by atoms with Crippen molar-refractivity contribution in [3.63, 3.8) is 0 Å². The molecule has 2 aliphatic carbocycles. The largest absolute Gasteiger partial charge is 0.468 e. The van der Waals surface area contributed by atoms with Gasteiger partial charge in [0.05, 0.1) is 14.2 Å². The zero-order valence-electron chi connectivity index (χ0n) is 16.4. The number of rotatable bonds is 7. The van der Waals surface area contributed by atoms with E-state index in [-0.39, 0.29) is 0 Å². The van der Waals surface area contributed by atoms with Gasteiger partial charge in [0.15, 0.2) is 5.41 Å². The average molecular weight is 348 g/mol. The first kappa shape index (κ1) is 19.7. The van der Waals surface area contributed by atoms with Gasteiger partial charge in [-0.05, 0) is 56.6 Å². The SMILES string of the molecule is CCCCCCC1CC(C)=C2CC(C(=O)OC)(C(=O)OC)CC2=C1C. The van der Waals surface area contributed by atoms with E-state index in [9.17, 15) is 9.59 Å². The fraction of sp³-hybridized carbons (Fsp3) is 0.714. The quantitative estimate of drug-likeness (QED) is 0.379. The van der Waals surface area contributed by atoms with Crippen molar-refractivity contribution in [1.82, 2.24) is 0 Å². The number of allylic oxidation sites excluding steroid dienone is 4. The first-order valence-electron chi connectivity index (χ1n) is 9.46. The molecule has 0 aromatic rings. The molecule has 1 unspecified atom stereocenters. The van der Waals surface area contributed by atoms with Crippen LogP contribution in [0.5, 0.6) is 0 Å². The lowest BCUT2D eigenvalue weighted by Crippen LogP contribution is -2.38. The zero-order chi connectivity index (χ0) is 18.6. The van der Waals surface area contributed by atoms with E-state index >= 15 is 0 Å². The van der Waals surface area contributed by atoms with Crippen molar-refractivity contribution >= 4 is 11.9 Å². The Labute approximate surface area is 151 Å². The van der Waals surface area contributed by atoms with Crippen LogP contribution in [0.2, 0.25) is 0 Å². The van der Waals surface area contributed by atoms with E-state index in [4.69, 9.17) is 9.47 Å². The Morgan fingerprint density at radius 3 is 2.16 bits per heavy atom. The number of carbonyl (C=O) groups is 2. The van der Waals surface area contributed by atoms with Crippen molar-refractivity contribution in [3.8, 4) is 0 Å². The summed E-state index contributed by atoms with van der Waals surface area (Å²) in [7, 11) is 2.68. The van der Waals surface area contributed by atoms with Gasteiger partial charge in [-0.3, -0.25) is 9.59 Å². The molecule has 4 heteroatoms. The van der Waals surface area contributed by atoms with Crippen molar-refractivity contribution in [3.05, 3.63) is 22.3 Å². The fourth-order valence-electron chi connectivity index (χ4n) is 4.46. The van der Waals surface area contributed by atoms with E-state index in [1.165, 1.54) is 68.6 Å². The Hall–Kier alpha value is -1.58. The molecular weight excluding hydrogens is 316 g/mol. The van der Waals surface area contributed by atoms with Crippen molar-refractivity contribution in [1.29, 1.82) is 0 Å². The maximum absolute atomic E-state index is 12.5. The molecule has 0 spiro atoms. The summed E-state index contributed by atoms with van der Waals surface area (Å²) in [5, 5.41) is 0. The first-order valence-corrected chi connectivity index (χ1v) is 9.46. The predicted molar refractivity (Wildman–Crippen MR) is 98.0 cm³/mol. The second kappa shape index (κ2) is 8.20. The van der Waals surface area contributed by atoms with Gasteiger partial charge in [0, 0.05) is 0 Å². The van der Waals surface area contributed by atoms with Gasteiger partial charge in [0.25, 0.3) is 0 Å². The molecule has 2 rings (SSSR count). The average Bonchev–Trinajstić information content (AvgIpc) is 3.04. The summed E-state index contributed by atoms with van der Waals surface area (Å²) in [6.07, 6.45) is 8.09. The van der Waals surface area contributed by atoms with E-state index in [1.807, 2.05) is 0 Å². The molecule has 4 nitrogen and oxygen atoms in total. The molecule has 1 atom stereocenters. The van der Waals surface area contributed by atoms with Crippen LogP contribution in [-0.4, -0.2) is 26.2 Å². The van der Waals surface area contributed by atoms with Crippen LogP contribution in [-0.2, 0) is 19.1 Å². The van der Waals surface area contributed by atoms with Gasteiger partial charge in [-0.1, -0.05) is 43.8 Å². The number of methoxy groups -OCH3 is 2. The van der Waals surface area contributed by atoms with E-state index in [0.717, 1.165) is 6.42 Å². The second-order valence-corrected chi connectivity index (χ2v) is 7.59. The van der Waals surface area contributed by atoms with Crippen molar-refractivity contribution in [2.75, 3.05) is 14.2 Å². The third kappa shape index (κ3) is 3.68. The normalized spacial score (nSPS) is 22.0. The van der Waals surface area contributed by atoms with Crippen LogP contribution in [0.25, 0.3) is 0 Å². The summed E-state index contributed by atoms with van der Waals surface area (Å²) in [4.78, 5) is 24.9. The van der Waals surface area contributed by atoms with Crippen molar-refractivity contribution in [2.45, 2.75) is 72.1 Å². The second-order valence-electron chi connectivity index (χ2n) is 7.59. The minimum Gasteiger partial charge on any atom is -0.468 e. The van der Waals surface area contributed by atoms with Crippen molar-refractivity contribution < 1.29 is 19.1 Å². The highest BCUT2D eigenvalue weighted by molar-refractivity contribution is 6.02. The van der Waals surface area contributed by atoms with Gasteiger partial charge in [-0.2, -0.15) is 0 Å². The Balaban J connectivity index is 2.29. The molecule has 0 heterocycles. The summed E-state index contributed by atoms with van der Waals surface area (Å²) >= 11 is 0. The lowest BCUT2D eigenvalue weighted by atomic mass is 9.78. The molecule has 0 aliphatic heterocycles. The van der Waals surface area contributed by atoms with Gasteiger partial charge in [-0.15, -0.1) is 0 Å². The number of esters is 2. The Kier molecular flexibility index (Phi) is 6.47. The predicted octanol–water partition coefficient (Wildman–Crippen LogP) is 4.74. The van der Waals surface area contributed by atoms with E-state index in [1.54, 1.807) is 0 Å². The molecule has 0 aromatic heterocycles. The number of ether oxygens (including phenoxy) is 2. The molecule has 1 saturated carbocycles. The standard InChI is InChI=1S/C21H32O4/c1-6-7-8-9-10-16-11-14(2)17-12-21(19(22)24-4,20(23)25-5)13-18(17)15(16)3/h16H,6-13H2,1-5H3. The van der Waals surface area contributed by atoms with Gasteiger partial charge in [0.1, 0.15) is 0 Å². The Morgan fingerprint density at radius 2 is 1.60 bits per heavy atom. The van der Waals surface area contributed by atoms with Crippen LogP contribution in [0.4, 0.5) is 0 Å². The number of unbranched alkanes of at least 4 members (excludes halogenated alkanes) is 3. The molecule has 0 aromatic carbocycles. The van der Waals surface area contributed by atoms with Gasteiger partial charge < -0.3 is 9.47 Å². The highest BCUT2D eigenvalue weighted by atomic mass is 16.5. The number of fused-ring (bicyclic) bond motifs is 1. The molecule has 0 radical (unpaired) electrons. The molecule has 0 amide bonds. The first-order chi connectivity index (χ1) is 11.9. The van der Waals surface area contributed by atoms with Crippen LogP contribution < -0.4 is 0 Å². The number of hydrogen-bond donors (Lipinski definition) is 0. The summed E-state index contributed by atoms with van der Waals surface area (Å²) in [5.41, 5.74) is 3.84. The molecule has 25 heavy (non-hydrogen) atoms. The van der Waals surface area contributed by atoms with Gasteiger partial charge in [0.2, 0.25) is 0 Å². The van der Waals surface area contributed by atoms with Crippen LogP contribution >= 0.6 is 0 Å². The molecule has 140 valence electrons. The smallest absolute Gasteiger partial charge is 0.323 e. The summed E-state index contributed by atoms with van der Waals surface area (Å²) < 4.78 is 9.94. The molecule has 0 N–H and O–H groups in total. The third-order valence-electron chi connectivity index (χ3n) is 6.04. The maximum Gasteiger partial charge on any atom is 0.323 e. The highest BCUT2D eigenvalue weighted by Gasteiger charge is 2.55. The highest BCUT2D eigenvalue weighted by Crippen LogP contribution is 2.53. The summed E-state index contributed by atoms with van der Waals surface area (Å²) in [5.74, 6) is -0.426. The van der Waals surface area contributed by atoms with Crippen LogP contribution in [0.3, 0.4) is 0 Å². The zero-order valence-corrected chi connectivity index (χ0v) is 16.4. The number of carbonyl (C=O) groups excluding carboxylic acids is 2. The van der Waals surface area contributed by atoms with Crippen LogP contribution in [0.15, 0.2) is 22.3 Å². The van der Waals surface area contributed by atoms with Gasteiger partial charge in [-0.25, -0.2) is 0 Å². The number of hydrogen-bond acceptors (Lipinski definition) is 4. The molecule has 1 fully saturated rings.